The third-order valence-corrected chi connectivity index (χ3v) is 4.87. The van der Waals surface area contributed by atoms with Gasteiger partial charge in [-0.25, -0.2) is 4.39 Å². The number of carbonyl (C=O) groups is 1. The summed E-state index contributed by atoms with van der Waals surface area (Å²) in [5, 5.41) is 6.29. The van der Waals surface area contributed by atoms with Gasteiger partial charge in [0.25, 0.3) is 0 Å². The van der Waals surface area contributed by atoms with Crippen molar-refractivity contribution in [2.45, 2.75) is 19.4 Å². The number of amides is 1. The van der Waals surface area contributed by atoms with E-state index in [9.17, 15) is 9.18 Å². The second-order valence-electron chi connectivity index (χ2n) is 6.86. The summed E-state index contributed by atoms with van der Waals surface area (Å²) in [6.45, 7) is 2.34. The van der Waals surface area contributed by atoms with Gasteiger partial charge in [0.05, 0.1) is 12.0 Å². The molecular weight excluding hydrogens is 347 g/mol. The van der Waals surface area contributed by atoms with E-state index in [0.29, 0.717) is 24.7 Å². The lowest BCUT2D eigenvalue weighted by Crippen LogP contribution is -2.47. The highest BCUT2D eigenvalue weighted by atomic mass is 19.1. The van der Waals surface area contributed by atoms with Crippen molar-refractivity contribution in [1.82, 2.24) is 5.32 Å². The summed E-state index contributed by atoms with van der Waals surface area (Å²) in [4.78, 5) is 12.9. The largest absolute Gasteiger partial charge is 0.489 e. The van der Waals surface area contributed by atoms with Crippen LogP contribution in [-0.2, 0) is 16.1 Å². The zero-order valence-electron chi connectivity index (χ0n) is 15.5. The highest BCUT2D eigenvalue weighted by Crippen LogP contribution is 2.31. The lowest BCUT2D eigenvalue weighted by atomic mass is 9.78. The average molecular weight is 372 g/mol. The van der Waals surface area contributed by atoms with E-state index in [4.69, 9.17) is 9.47 Å². The molecule has 0 aromatic heterocycles. The summed E-state index contributed by atoms with van der Waals surface area (Å²) in [7, 11) is 1.63. The standard InChI is InChI=1S/C21H25FN2O3/c1-26-15-21(9-11-23-12-10-21)20(25)24-18-3-2-4-19(13-18)27-14-16-5-7-17(22)8-6-16/h2-8,13,23H,9-12,14-15H2,1H3,(H,24,25). The van der Waals surface area contributed by atoms with Crippen LogP contribution in [0.2, 0.25) is 0 Å². The second-order valence-corrected chi connectivity index (χ2v) is 6.86. The van der Waals surface area contributed by atoms with E-state index in [1.165, 1.54) is 12.1 Å². The SMILES string of the molecule is COCC1(C(=O)Nc2cccc(OCc3ccc(F)cc3)c2)CCNCC1. The maximum absolute atomic E-state index is 13.0. The van der Waals surface area contributed by atoms with Gasteiger partial charge in [0.15, 0.2) is 0 Å². The van der Waals surface area contributed by atoms with Crippen molar-refractivity contribution < 1.29 is 18.7 Å². The average Bonchev–Trinajstić information content (AvgIpc) is 2.69. The van der Waals surface area contributed by atoms with Crippen molar-refractivity contribution in [3.05, 3.63) is 59.9 Å². The summed E-state index contributed by atoms with van der Waals surface area (Å²) < 4.78 is 24.1. The molecule has 1 aliphatic rings. The van der Waals surface area contributed by atoms with Gasteiger partial charge in [-0.3, -0.25) is 4.79 Å². The summed E-state index contributed by atoms with van der Waals surface area (Å²) >= 11 is 0. The number of piperidine rings is 1. The molecule has 2 aromatic rings. The van der Waals surface area contributed by atoms with Gasteiger partial charge in [-0.05, 0) is 55.8 Å². The number of carbonyl (C=O) groups excluding carboxylic acids is 1. The molecule has 1 aliphatic heterocycles. The van der Waals surface area contributed by atoms with E-state index < -0.39 is 5.41 Å². The van der Waals surface area contributed by atoms with Gasteiger partial charge >= 0.3 is 0 Å². The van der Waals surface area contributed by atoms with Crippen LogP contribution in [0.4, 0.5) is 10.1 Å². The number of anilines is 1. The topological polar surface area (TPSA) is 59.6 Å². The molecule has 0 radical (unpaired) electrons. The van der Waals surface area contributed by atoms with E-state index >= 15 is 0 Å². The summed E-state index contributed by atoms with van der Waals surface area (Å²) in [5.74, 6) is 0.344. The first-order chi connectivity index (χ1) is 13.1. The third kappa shape index (κ3) is 5.05. The first kappa shape index (κ1) is 19.3. The number of hydrogen-bond acceptors (Lipinski definition) is 4. The maximum atomic E-state index is 13.0. The molecule has 2 aromatic carbocycles. The fraction of sp³-hybridized carbons (Fsp3) is 0.381. The van der Waals surface area contributed by atoms with Crippen LogP contribution in [0.3, 0.4) is 0 Å². The predicted molar refractivity (Wildman–Crippen MR) is 102 cm³/mol. The monoisotopic (exact) mass is 372 g/mol. The van der Waals surface area contributed by atoms with Crippen LogP contribution in [0.1, 0.15) is 18.4 Å². The lowest BCUT2D eigenvalue weighted by molar-refractivity contribution is -0.130. The number of hydrogen-bond donors (Lipinski definition) is 2. The van der Waals surface area contributed by atoms with Crippen LogP contribution >= 0.6 is 0 Å². The van der Waals surface area contributed by atoms with E-state index in [1.54, 1.807) is 25.3 Å². The smallest absolute Gasteiger partial charge is 0.233 e. The van der Waals surface area contributed by atoms with Crippen LogP contribution in [-0.4, -0.2) is 32.7 Å². The number of halogens is 1. The summed E-state index contributed by atoms with van der Waals surface area (Å²) in [6, 6.07) is 13.5. The van der Waals surface area contributed by atoms with Gasteiger partial charge in [-0.1, -0.05) is 18.2 Å². The Kier molecular flexibility index (Phi) is 6.42. The molecule has 1 fully saturated rings. The van der Waals surface area contributed by atoms with Gasteiger partial charge in [0.2, 0.25) is 5.91 Å². The Morgan fingerprint density at radius 3 is 2.63 bits per heavy atom. The third-order valence-electron chi connectivity index (χ3n) is 4.87. The fourth-order valence-electron chi connectivity index (χ4n) is 3.29. The van der Waals surface area contributed by atoms with Crippen LogP contribution in [0, 0.1) is 11.2 Å². The predicted octanol–water partition coefficient (Wildman–Crippen LogP) is 3.36. The van der Waals surface area contributed by atoms with Crippen LogP contribution in [0.5, 0.6) is 5.75 Å². The number of methoxy groups -OCH3 is 1. The molecule has 0 bridgehead atoms. The molecule has 1 heterocycles. The van der Waals surface area contributed by atoms with Crippen molar-refractivity contribution >= 4 is 11.6 Å². The molecule has 6 heteroatoms. The zero-order chi connectivity index (χ0) is 19.1. The Bertz CT molecular complexity index is 753. The second kappa shape index (κ2) is 8.97. The highest BCUT2D eigenvalue weighted by Gasteiger charge is 2.39. The normalized spacial score (nSPS) is 15.9. The Labute approximate surface area is 158 Å². The molecule has 27 heavy (non-hydrogen) atoms. The summed E-state index contributed by atoms with van der Waals surface area (Å²) in [6.07, 6.45) is 1.49. The number of benzene rings is 2. The Balaban J connectivity index is 1.64. The van der Waals surface area contributed by atoms with Crippen molar-refractivity contribution in [1.29, 1.82) is 0 Å². The van der Waals surface area contributed by atoms with Crippen LogP contribution in [0.25, 0.3) is 0 Å². The van der Waals surface area contributed by atoms with Crippen LogP contribution < -0.4 is 15.4 Å². The number of ether oxygens (including phenoxy) is 2. The molecule has 0 spiro atoms. The Morgan fingerprint density at radius 2 is 1.93 bits per heavy atom. The van der Waals surface area contributed by atoms with Gasteiger partial charge in [0.1, 0.15) is 18.2 Å². The fourth-order valence-corrected chi connectivity index (χ4v) is 3.29. The molecule has 0 aliphatic carbocycles. The Morgan fingerprint density at radius 1 is 1.19 bits per heavy atom. The molecule has 144 valence electrons. The van der Waals surface area contributed by atoms with Crippen molar-refractivity contribution in [2.24, 2.45) is 5.41 Å². The van der Waals surface area contributed by atoms with Gasteiger partial charge < -0.3 is 20.1 Å². The first-order valence-corrected chi connectivity index (χ1v) is 9.10. The van der Waals surface area contributed by atoms with E-state index in [-0.39, 0.29) is 11.7 Å². The lowest BCUT2D eigenvalue weighted by Gasteiger charge is -2.35. The summed E-state index contributed by atoms with van der Waals surface area (Å²) in [5.41, 5.74) is 1.05. The molecule has 1 saturated heterocycles. The zero-order valence-corrected chi connectivity index (χ0v) is 15.5. The number of rotatable bonds is 7. The van der Waals surface area contributed by atoms with Crippen molar-refractivity contribution in [2.75, 3.05) is 32.1 Å². The molecule has 2 N–H and O–H groups in total. The minimum Gasteiger partial charge on any atom is -0.489 e. The maximum Gasteiger partial charge on any atom is 0.233 e. The van der Waals surface area contributed by atoms with Crippen LogP contribution in [0.15, 0.2) is 48.5 Å². The molecule has 1 amide bonds. The van der Waals surface area contributed by atoms with Gasteiger partial charge in [-0.2, -0.15) is 0 Å². The molecular formula is C21H25FN2O3. The first-order valence-electron chi connectivity index (χ1n) is 9.10. The van der Waals surface area contributed by atoms with Gasteiger partial charge in [0, 0.05) is 18.9 Å². The molecule has 5 nitrogen and oxygen atoms in total. The highest BCUT2D eigenvalue weighted by molar-refractivity contribution is 5.95. The van der Waals surface area contributed by atoms with E-state index in [2.05, 4.69) is 10.6 Å². The van der Waals surface area contributed by atoms with Gasteiger partial charge in [-0.15, -0.1) is 0 Å². The molecule has 0 atom stereocenters. The molecule has 0 unspecified atom stereocenters. The minimum absolute atomic E-state index is 0.0264. The molecule has 0 saturated carbocycles. The van der Waals surface area contributed by atoms with Crippen molar-refractivity contribution in [3.8, 4) is 5.75 Å². The van der Waals surface area contributed by atoms with E-state index in [1.807, 2.05) is 18.2 Å². The van der Waals surface area contributed by atoms with Crippen molar-refractivity contribution in [3.63, 3.8) is 0 Å². The van der Waals surface area contributed by atoms with E-state index in [0.717, 1.165) is 31.5 Å². The quantitative estimate of drug-likeness (QED) is 0.782. The minimum atomic E-state index is -0.509. The molecule has 3 rings (SSSR count). The Hall–Kier alpha value is -2.44. The number of nitrogens with one attached hydrogen (secondary N) is 2.